The highest BCUT2D eigenvalue weighted by Crippen LogP contribution is 2.46. The van der Waals surface area contributed by atoms with Crippen molar-refractivity contribution in [3.05, 3.63) is 29.8 Å². The molecule has 0 N–H and O–H groups in total. The molecule has 0 amide bonds. The Morgan fingerprint density at radius 2 is 1.67 bits per heavy atom. The summed E-state index contributed by atoms with van der Waals surface area (Å²) in [5, 5.41) is 0.957. The fraction of sp³-hybridized carbons (Fsp3) is 0.250. The molecular weight excluding hydrogens is 332 g/mol. The van der Waals surface area contributed by atoms with Crippen LogP contribution in [0.2, 0.25) is 6.04 Å². The van der Waals surface area contributed by atoms with Gasteiger partial charge >= 0.3 is 6.00 Å². The van der Waals surface area contributed by atoms with Gasteiger partial charge in [0.2, 0.25) is 0 Å². The van der Waals surface area contributed by atoms with Crippen molar-refractivity contribution in [3.63, 3.8) is 0 Å². The largest absolute Gasteiger partial charge is 0.341 e. The molecule has 7 heteroatoms. The number of benzene rings is 1. The molecule has 0 saturated carbocycles. The highest BCUT2D eigenvalue weighted by molar-refractivity contribution is 8.08. The lowest BCUT2D eigenvalue weighted by Crippen LogP contribution is -2.13. The molecule has 1 rings (SSSR count). The van der Waals surface area contributed by atoms with Gasteiger partial charge in [0.15, 0.2) is 0 Å². The normalized spacial score (nSPS) is 12.1. The average Bonchev–Trinajstić information content (AvgIpc) is 2.14. The first-order chi connectivity index (χ1) is 6.90. The van der Waals surface area contributed by atoms with Gasteiger partial charge in [-0.15, -0.1) is 33.2 Å². The summed E-state index contributed by atoms with van der Waals surface area (Å²) in [5.74, 6) is 0. The maximum atomic E-state index is 5.90. The molecule has 0 aromatic heterocycles. The first kappa shape index (κ1) is 14.4. The fourth-order valence-electron chi connectivity index (χ4n) is 1.16. The highest BCUT2D eigenvalue weighted by Gasteiger charge is 2.25. The Morgan fingerprint density at radius 1 is 1.07 bits per heavy atom. The van der Waals surface area contributed by atoms with E-state index in [2.05, 4.69) is 0 Å². The smallest absolute Gasteiger partial charge is 0.126 e. The van der Waals surface area contributed by atoms with Crippen LogP contribution < -0.4 is 5.30 Å². The zero-order valence-corrected chi connectivity index (χ0v) is 13.2. The van der Waals surface area contributed by atoms with Gasteiger partial charge in [0.05, 0.1) is 0 Å². The van der Waals surface area contributed by atoms with E-state index >= 15 is 0 Å². The molecule has 0 bridgehead atoms. The summed E-state index contributed by atoms with van der Waals surface area (Å²) in [6, 6.07) is 5.76. The summed E-state index contributed by atoms with van der Waals surface area (Å²) in [7, 11) is 0. The number of aryl methyl sites for hydroxylation is 1. The predicted octanol–water partition coefficient (Wildman–Crippen LogP) is 5.30. The highest BCUT2D eigenvalue weighted by atomic mass is 35.9. The third-order valence-electron chi connectivity index (χ3n) is 1.85. The predicted molar refractivity (Wildman–Crippen MR) is 76.5 cm³/mol. The van der Waals surface area contributed by atoms with Gasteiger partial charge in [-0.25, -0.2) is 0 Å². The van der Waals surface area contributed by atoms with E-state index in [1.54, 1.807) is 0 Å². The molecule has 0 saturated heterocycles. The standard InChI is InChI=1S/C8H8Cl5PSi/c9-14(10)8-4-2-1-3-7(8)5-6-15(11,12)13/h1-4H,5-6H2. The topological polar surface area (TPSA) is 0 Å². The van der Waals surface area contributed by atoms with Crippen molar-refractivity contribution in [3.8, 4) is 0 Å². The number of rotatable bonds is 4. The van der Waals surface area contributed by atoms with Crippen molar-refractivity contribution in [2.45, 2.75) is 12.5 Å². The summed E-state index contributed by atoms with van der Waals surface area (Å²) in [4.78, 5) is 0. The van der Waals surface area contributed by atoms with Gasteiger partial charge in [0, 0.05) is 5.30 Å². The van der Waals surface area contributed by atoms with Crippen LogP contribution in [0.15, 0.2) is 24.3 Å². The van der Waals surface area contributed by atoms with E-state index in [1.807, 2.05) is 24.3 Å². The SMILES string of the molecule is ClP(Cl)c1ccccc1CC[Si](Cl)(Cl)Cl. The summed E-state index contributed by atoms with van der Waals surface area (Å²) in [5.41, 5.74) is 1.08. The van der Waals surface area contributed by atoms with Crippen LogP contribution >= 0.6 is 62.3 Å². The molecule has 0 spiro atoms. The van der Waals surface area contributed by atoms with Crippen molar-refractivity contribution < 1.29 is 0 Å². The molecule has 0 nitrogen and oxygen atoms in total. The van der Waals surface area contributed by atoms with Crippen LogP contribution in [-0.2, 0) is 6.42 Å². The lowest BCUT2D eigenvalue weighted by atomic mass is 10.2. The quantitative estimate of drug-likeness (QED) is 0.396. The Balaban J connectivity index is 2.76. The molecule has 1 aromatic rings. The lowest BCUT2D eigenvalue weighted by molar-refractivity contribution is 1.14. The van der Waals surface area contributed by atoms with E-state index in [-0.39, 0.29) is 0 Å². The van der Waals surface area contributed by atoms with Crippen molar-refractivity contribution in [1.29, 1.82) is 0 Å². The second-order valence-electron chi connectivity index (χ2n) is 2.98. The van der Waals surface area contributed by atoms with Gasteiger partial charge in [0.25, 0.3) is 0 Å². The van der Waals surface area contributed by atoms with Crippen LogP contribution in [0.1, 0.15) is 5.56 Å². The lowest BCUT2D eigenvalue weighted by Gasteiger charge is -2.11. The van der Waals surface area contributed by atoms with Gasteiger partial charge in [-0.2, -0.15) is 0 Å². The van der Waals surface area contributed by atoms with Gasteiger partial charge in [-0.3, -0.25) is 0 Å². The summed E-state index contributed by atoms with van der Waals surface area (Å²) >= 11 is 29.3. The second-order valence-corrected chi connectivity index (χ2v) is 15.8. The molecule has 0 heterocycles. The van der Waals surface area contributed by atoms with Gasteiger partial charge in [-0.1, -0.05) is 46.7 Å². The zero-order chi connectivity index (χ0) is 11.5. The van der Waals surface area contributed by atoms with Crippen LogP contribution in [0, 0.1) is 0 Å². The summed E-state index contributed by atoms with van der Waals surface area (Å²) in [6.45, 7) is -1.13. The third kappa shape index (κ3) is 5.45. The number of hydrogen-bond acceptors (Lipinski definition) is 0. The first-order valence-corrected chi connectivity index (χ1v) is 12.6. The van der Waals surface area contributed by atoms with Gasteiger partial charge < -0.3 is 0 Å². The number of hydrogen-bond donors (Lipinski definition) is 0. The molecule has 0 fully saturated rings. The Hall–Kier alpha value is 1.32. The fourth-order valence-corrected chi connectivity index (χ4v) is 4.16. The van der Waals surface area contributed by atoms with E-state index in [1.165, 1.54) is 0 Å². The van der Waals surface area contributed by atoms with E-state index in [0.29, 0.717) is 6.04 Å². The minimum Gasteiger partial charge on any atom is -0.126 e. The van der Waals surface area contributed by atoms with Crippen LogP contribution in [0.4, 0.5) is 0 Å². The minimum absolute atomic E-state index is 0.589. The van der Waals surface area contributed by atoms with Crippen molar-refractivity contribution in [2.75, 3.05) is 0 Å². The minimum atomic E-state index is -2.56. The van der Waals surface area contributed by atoms with Gasteiger partial charge in [0.1, 0.15) is 6.63 Å². The molecule has 0 atom stereocenters. The van der Waals surface area contributed by atoms with Crippen molar-refractivity contribution >= 4 is 73.7 Å². The molecule has 0 radical (unpaired) electrons. The zero-order valence-electron chi connectivity index (χ0n) is 7.56. The number of halogens is 5. The van der Waals surface area contributed by atoms with E-state index in [9.17, 15) is 0 Å². The van der Waals surface area contributed by atoms with Crippen LogP contribution in [0.3, 0.4) is 0 Å². The molecule has 84 valence electrons. The van der Waals surface area contributed by atoms with E-state index < -0.39 is 12.6 Å². The Morgan fingerprint density at radius 3 is 2.20 bits per heavy atom. The summed E-state index contributed by atoms with van der Waals surface area (Å²) < 4.78 is 0. The monoisotopic (exact) mass is 338 g/mol. The molecule has 0 aliphatic carbocycles. The Labute approximate surface area is 115 Å². The van der Waals surface area contributed by atoms with Crippen LogP contribution in [0.25, 0.3) is 0 Å². The molecule has 1 aromatic carbocycles. The Kier molecular flexibility index (Phi) is 6.04. The first-order valence-electron chi connectivity index (χ1n) is 4.16. The van der Waals surface area contributed by atoms with Crippen LogP contribution in [0.5, 0.6) is 0 Å². The van der Waals surface area contributed by atoms with Crippen molar-refractivity contribution in [2.24, 2.45) is 0 Å². The maximum absolute atomic E-state index is 5.90. The second kappa shape index (κ2) is 6.30. The summed E-state index contributed by atoms with van der Waals surface area (Å²) in [6.07, 6.45) is 0.719. The molecule has 0 aliphatic rings. The van der Waals surface area contributed by atoms with Gasteiger partial charge in [-0.05, 0) is 18.0 Å². The van der Waals surface area contributed by atoms with E-state index in [0.717, 1.165) is 17.3 Å². The molecule has 0 unspecified atom stereocenters. The maximum Gasteiger partial charge on any atom is 0.341 e. The third-order valence-corrected chi connectivity index (χ3v) is 6.26. The van der Waals surface area contributed by atoms with Crippen LogP contribution in [-0.4, -0.2) is 6.00 Å². The molecule has 0 aliphatic heterocycles. The molecular formula is C8H8Cl5PSi. The average molecular weight is 340 g/mol. The van der Waals surface area contributed by atoms with E-state index in [4.69, 9.17) is 55.7 Å². The Bertz CT molecular complexity index is 325. The van der Waals surface area contributed by atoms with Crippen molar-refractivity contribution in [1.82, 2.24) is 0 Å². The molecule has 15 heavy (non-hydrogen) atoms.